The Morgan fingerprint density at radius 1 is 0.882 bits per heavy atom. The van der Waals surface area contributed by atoms with Gasteiger partial charge in [-0.3, -0.25) is 0 Å². The number of benzene rings is 2. The molecular formula is C15H8N2. The zero-order chi connectivity index (χ0) is 11.8. The summed E-state index contributed by atoms with van der Waals surface area (Å²) in [5.74, 6) is 0. The quantitative estimate of drug-likeness (QED) is 0.580. The Bertz CT molecular complexity index is 700. The van der Waals surface area contributed by atoms with Gasteiger partial charge in [-0.15, -0.1) is 0 Å². The van der Waals surface area contributed by atoms with Gasteiger partial charge < -0.3 is 0 Å². The summed E-state index contributed by atoms with van der Waals surface area (Å²) in [6.07, 6.45) is 0.853. The van der Waals surface area contributed by atoms with Gasteiger partial charge in [-0.1, -0.05) is 30.3 Å². The van der Waals surface area contributed by atoms with Crippen LogP contribution in [0.5, 0.6) is 0 Å². The molecule has 0 unspecified atom stereocenters. The summed E-state index contributed by atoms with van der Waals surface area (Å²) in [5, 5.41) is 18.3. The van der Waals surface area contributed by atoms with Crippen molar-refractivity contribution in [1.82, 2.24) is 0 Å². The van der Waals surface area contributed by atoms with Gasteiger partial charge in [-0.05, 0) is 29.2 Å². The van der Waals surface area contributed by atoms with Crippen LogP contribution >= 0.6 is 0 Å². The van der Waals surface area contributed by atoms with Crippen LogP contribution in [0.25, 0.3) is 11.1 Å². The lowest BCUT2D eigenvalue weighted by Crippen LogP contribution is -1.90. The van der Waals surface area contributed by atoms with Crippen LogP contribution in [0.4, 0.5) is 0 Å². The summed E-state index contributed by atoms with van der Waals surface area (Å²) in [4.78, 5) is 0. The van der Waals surface area contributed by atoms with E-state index in [0.717, 1.165) is 23.1 Å². The van der Waals surface area contributed by atoms with Gasteiger partial charge in [0.05, 0.1) is 11.1 Å². The van der Waals surface area contributed by atoms with Crippen molar-refractivity contribution in [3.8, 4) is 23.3 Å². The lowest BCUT2D eigenvalue weighted by Gasteiger charge is -2.04. The lowest BCUT2D eigenvalue weighted by molar-refractivity contribution is 1.26. The number of fused-ring (bicyclic) bond motifs is 3. The average Bonchev–Trinajstić information content (AvgIpc) is 2.76. The van der Waals surface area contributed by atoms with Gasteiger partial charge >= 0.3 is 0 Å². The van der Waals surface area contributed by atoms with Crippen molar-refractivity contribution in [2.75, 3.05) is 0 Å². The molecule has 17 heavy (non-hydrogen) atoms. The predicted octanol–water partition coefficient (Wildman–Crippen LogP) is 3.00. The summed E-state index contributed by atoms with van der Waals surface area (Å²) in [5.41, 5.74) is 5.38. The van der Waals surface area contributed by atoms with Gasteiger partial charge in [-0.2, -0.15) is 10.5 Å². The monoisotopic (exact) mass is 216 g/mol. The normalized spacial score (nSPS) is 11.2. The van der Waals surface area contributed by atoms with Gasteiger partial charge in [0.2, 0.25) is 0 Å². The summed E-state index contributed by atoms with van der Waals surface area (Å²) < 4.78 is 0. The Kier molecular flexibility index (Phi) is 1.97. The molecule has 3 rings (SSSR count). The molecule has 0 N–H and O–H groups in total. The molecule has 0 spiro atoms. The Hall–Kier alpha value is -2.58. The Balaban J connectivity index is 2.39. The molecule has 1 aliphatic carbocycles. The van der Waals surface area contributed by atoms with E-state index < -0.39 is 0 Å². The summed E-state index contributed by atoms with van der Waals surface area (Å²) in [6.45, 7) is 0. The van der Waals surface area contributed by atoms with Crippen molar-refractivity contribution in [3.63, 3.8) is 0 Å². The topological polar surface area (TPSA) is 47.6 Å². The maximum atomic E-state index is 9.24. The first kappa shape index (κ1) is 9.63. The number of nitrogens with zero attached hydrogens (tertiary/aromatic N) is 2. The molecule has 2 heteroatoms. The molecule has 0 atom stereocenters. The van der Waals surface area contributed by atoms with Crippen LogP contribution in [-0.4, -0.2) is 0 Å². The summed E-state index contributed by atoms with van der Waals surface area (Å²) in [7, 11) is 0. The SMILES string of the molecule is N#Cc1ccc2c(c1C#N)-c1ccccc1C2. The second-order valence-electron chi connectivity index (χ2n) is 4.08. The third kappa shape index (κ3) is 1.25. The van der Waals surface area contributed by atoms with Crippen LogP contribution in [0, 0.1) is 22.7 Å². The van der Waals surface area contributed by atoms with E-state index in [4.69, 9.17) is 5.26 Å². The van der Waals surface area contributed by atoms with Crippen molar-refractivity contribution in [2.45, 2.75) is 6.42 Å². The van der Waals surface area contributed by atoms with Gasteiger partial charge in [0.1, 0.15) is 12.1 Å². The van der Waals surface area contributed by atoms with Crippen LogP contribution in [0.1, 0.15) is 22.3 Å². The first-order valence-corrected chi connectivity index (χ1v) is 5.39. The molecular weight excluding hydrogens is 208 g/mol. The first-order chi connectivity index (χ1) is 8.35. The van der Waals surface area contributed by atoms with E-state index in [-0.39, 0.29) is 0 Å². The van der Waals surface area contributed by atoms with Crippen LogP contribution in [0.2, 0.25) is 0 Å². The minimum Gasteiger partial charge on any atom is -0.192 e. The van der Waals surface area contributed by atoms with Gasteiger partial charge in [0.25, 0.3) is 0 Å². The average molecular weight is 216 g/mol. The van der Waals surface area contributed by atoms with E-state index in [0.29, 0.717) is 11.1 Å². The van der Waals surface area contributed by atoms with Gasteiger partial charge in [0, 0.05) is 5.56 Å². The number of hydrogen-bond donors (Lipinski definition) is 0. The maximum Gasteiger partial charge on any atom is 0.101 e. The fraction of sp³-hybridized carbons (Fsp3) is 0.0667. The highest BCUT2D eigenvalue weighted by Gasteiger charge is 2.22. The smallest absolute Gasteiger partial charge is 0.101 e. The van der Waals surface area contributed by atoms with E-state index in [1.807, 2.05) is 24.3 Å². The zero-order valence-corrected chi connectivity index (χ0v) is 9.07. The molecule has 0 aliphatic heterocycles. The van der Waals surface area contributed by atoms with Crippen LogP contribution in [-0.2, 0) is 6.42 Å². The molecule has 0 saturated heterocycles. The first-order valence-electron chi connectivity index (χ1n) is 5.39. The minimum absolute atomic E-state index is 0.461. The standard InChI is InChI=1S/C15H8N2/c16-8-12-6-5-11-7-10-3-1-2-4-13(10)15(11)14(12)9-17/h1-6H,7H2. The fourth-order valence-corrected chi connectivity index (χ4v) is 2.43. The Labute approximate surface area is 99.4 Å². The third-order valence-corrected chi connectivity index (χ3v) is 3.19. The van der Waals surface area contributed by atoms with Crippen molar-refractivity contribution in [3.05, 3.63) is 58.7 Å². The van der Waals surface area contributed by atoms with Crippen LogP contribution in [0.15, 0.2) is 36.4 Å². The van der Waals surface area contributed by atoms with Crippen LogP contribution < -0.4 is 0 Å². The number of nitriles is 2. The second-order valence-corrected chi connectivity index (χ2v) is 4.08. The Morgan fingerprint density at radius 3 is 2.47 bits per heavy atom. The van der Waals surface area contributed by atoms with E-state index in [1.54, 1.807) is 6.07 Å². The van der Waals surface area contributed by atoms with Gasteiger partial charge in [0.15, 0.2) is 0 Å². The molecule has 78 valence electrons. The highest BCUT2D eigenvalue weighted by Crippen LogP contribution is 2.39. The molecule has 0 radical (unpaired) electrons. The number of hydrogen-bond acceptors (Lipinski definition) is 2. The van der Waals surface area contributed by atoms with Crippen molar-refractivity contribution >= 4 is 0 Å². The van der Waals surface area contributed by atoms with E-state index in [1.165, 1.54) is 5.56 Å². The largest absolute Gasteiger partial charge is 0.192 e. The Morgan fingerprint density at radius 2 is 1.71 bits per heavy atom. The second kappa shape index (κ2) is 3.47. The molecule has 2 nitrogen and oxygen atoms in total. The fourth-order valence-electron chi connectivity index (χ4n) is 2.43. The lowest BCUT2D eigenvalue weighted by atomic mass is 9.96. The van der Waals surface area contributed by atoms with Crippen LogP contribution in [0.3, 0.4) is 0 Å². The maximum absolute atomic E-state index is 9.24. The van der Waals surface area contributed by atoms with Crippen molar-refractivity contribution in [1.29, 1.82) is 10.5 Å². The zero-order valence-electron chi connectivity index (χ0n) is 9.07. The highest BCUT2D eigenvalue weighted by molar-refractivity contribution is 5.83. The third-order valence-electron chi connectivity index (χ3n) is 3.19. The minimum atomic E-state index is 0.461. The van der Waals surface area contributed by atoms with Gasteiger partial charge in [-0.25, -0.2) is 0 Å². The number of rotatable bonds is 0. The molecule has 1 aliphatic rings. The van der Waals surface area contributed by atoms with E-state index in [9.17, 15) is 5.26 Å². The molecule has 0 saturated carbocycles. The molecule has 0 heterocycles. The van der Waals surface area contributed by atoms with E-state index >= 15 is 0 Å². The molecule has 2 aromatic rings. The summed E-state index contributed by atoms with van der Waals surface area (Å²) >= 11 is 0. The predicted molar refractivity (Wildman–Crippen MR) is 64.1 cm³/mol. The molecule has 0 aromatic heterocycles. The van der Waals surface area contributed by atoms with Crippen molar-refractivity contribution in [2.24, 2.45) is 0 Å². The highest BCUT2D eigenvalue weighted by atomic mass is 14.3. The summed E-state index contributed by atoms with van der Waals surface area (Å²) in [6, 6.07) is 16.0. The van der Waals surface area contributed by atoms with Crippen molar-refractivity contribution < 1.29 is 0 Å². The van der Waals surface area contributed by atoms with E-state index in [2.05, 4.69) is 18.2 Å². The molecule has 0 bridgehead atoms. The molecule has 2 aromatic carbocycles. The molecule has 0 amide bonds. The molecule has 0 fully saturated rings.